The van der Waals surface area contributed by atoms with Crippen LogP contribution in [0.4, 0.5) is 5.69 Å². The fourth-order valence-corrected chi connectivity index (χ4v) is 1.78. The number of benzene rings is 2. The van der Waals surface area contributed by atoms with Crippen molar-refractivity contribution >= 4 is 23.2 Å². The van der Waals surface area contributed by atoms with E-state index in [0.29, 0.717) is 16.3 Å². The van der Waals surface area contributed by atoms with Crippen molar-refractivity contribution < 1.29 is 4.79 Å². The van der Waals surface area contributed by atoms with E-state index in [0.717, 1.165) is 5.56 Å². The number of rotatable bonds is 2. The maximum absolute atomic E-state index is 12.0. The Morgan fingerprint density at radius 3 is 2.59 bits per heavy atom. The molecule has 1 amide bonds. The maximum atomic E-state index is 12.0. The molecule has 2 aromatic carbocycles. The highest BCUT2D eigenvalue weighted by molar-refractivity contribution is 6.30. The van der Waals surface area contributed by atoms with Crippen LogP contribution in [-0.4, -0.2) is 5.91 Å². The monoisotopic (exact) mass is 245 g/mol. The highest BCUT2D eigenvalue weighted by Crippen LogP contribution is 2.16. The number of carbonyl (C=O) groups is 1. The van der Waals surface area contributed by atoms with Gasteiger partial charge < -0.3 is 5.32 Å². The quantitative estimate of drug-likeness (QED) is 0.854. The maximum Gasteiger partial charge on any atom is 0.255 e. The van der Waals surface area contributed by atoms with E-state index >= 15 is 0 Å². The molecule has 0 aliphatic rings. The predicted octanol–water partition coefficient (Wildman–Crippen LogP) is 3.90. The second-order valence-electron chi connectivity index (χ2n) is 3.78. The van der Waals surface area contributed by atoms with E-state index in [-0.39, 0.29) is 5.91 Å². The Morgan fingerprint density at radius 2 is 1.88 bits per heavy atom. The van der Waals surface area contributed by atoms with Crippen molar-refractivity contribution in [2.24, 2.45) is 0 Å². The molecule has 0 aliphatic heterocycles. The van der Waals surface area contributed by atoms with Crippen LogP contribution in [0.2, 0.25) is 5.02 Å². The lowest BCUT2D eigenvalue weighted by atomic mass is 10.1. The van der Waals surface area contributed by atoms with Gasteiger partial charge >= 0.3 is 0 Å². The third-order valence-electron chi connectivity index (χ3n) is 2.47. The Morgan fingerprint density at radius 1 is 1.12 bits per heavy atom. The first-order valence-corrected chi connectivity index (χ1v) is 5.67. The number of aryl methyl sites for hydroxylation is 1. The van der Waals surface area contributed by atoms with Crippen molar-refractivity contribution in [3.63, 3.8) is 0 Å². The summed E-state index contributed by atoms with van der Waals surface area (Å²) in [5.41, 5.74) is 2.32. The first-order chi connectivity index (χ1) is 8.16. The van der Waals surface area contributed by atoms with Gasteiger partial charge in [-0.2, -0.15) is 0 Å². The van der Waals surface area contributed by atoms with E-state index in [1.807, 2.05) is 31.2 Å². The van der Waals surface area contributed by atoms with Crippen LogP contribution in [0.25, 0.3) is 0 Å². The van der Waals surface area contributed by atoms with Gasteiger partial charge in [-0.1, -0.05) is 35.9 Å². The van der Waals surface area contributed by atoms with Gasteiger partial charge in [0.25, 0.3) is 5.91 Å². The standard InChI is InChI=1S/C14H12ClNO/c1-10-5-2-3-8-13(10)14(17)16-12-7-4-6-11(15)9-12/h2-9H,1H3,(H,16,17). The van der Waals surface area contributed by atoms with E-state index < -0.39 is 0 Å². The Bertz CT molecular complexity index is 551. The van der Waals surface area contributed by atoms with Crippen LogP contribution < -0.4 is 5.32 Å². The van der Waals surface area contributed by atoms with Crippen LogP contribution in [0.1, 0.15) is 15.9 Å². The van der Waals surface area contributed by atoms with E-state index in [4.69, 9.17) is 11.6 Å². The van der Waals surface area contributed by atoms with E-state index in [1.165, 1.54) is 0 Å². The Kier molecular flexibility index (Phi) is 3.45. The number of amides is 1. The normalized spacial score (nSPS) is 10.0. The molecule has 2 nitrogen and oxygen atoms in total. The van der Waals surface area contributed by atoms with E-state index in [2.05, 4.69) is 5.32 Å². The third-order valence-corrected chi connectivity index (χ3v) is 2.71. The SMILES string of the molecule is Cc1ccccc1C(=O)Nc1cccc(Cl)c1. The Hall–Kier alpha value is -1.80. The van der Waals surface area contributed by atoms with Crippen LogP contribution in [-0.2, 0) is 0 Å². The number of carbonyl (C=O) groups excluding carboxylic acids is 1. The number of halogens is 1. The van der Waals surface area contributed by atoms with Crippen molar-refractivity contribution in [3.8, 4) is 0 Å². The lowest BCUT2D eigenvalue weighted by Gasteiger charge is -2.07. The number of hydrogen-bond donors (Lipinski definition) is 1. The van der Waals surface area contributed by atoms with Crippen LogP contribution in [0.5, 0.6) is 0 Å². The van der Waals surface area contributed by atoms with Gasteiger partial charge in [0.05, 0.1) is 0 Å². The molecule has 0 fully saturated rings. The highest BCUT2D eigenvalue weighted by Gasteiger charge is 2.08. The van der Waals surface area contributed by atoms with Gasteiger partial charge in [-0.05, 0) is 36.8 Å². The summed E-state index contributed by atoms with van der Waals surface area (Å²) in [5.74, 6) is -0.120. The minimum atomic E-state index is -0.120. The molecule has 0 unspecified atom stereocenters. The minimum Gasteiger partial charge on any atom is -0.322 e. The molecule has 3 heteroatoms. The van der Waals surface area contributed by atoms with E-state index in [1.54, 1.807) is 24.3 Å². The zero-order chi connectivity index (χ0) is 12.3. The van der Waals surface area contributed by atoms with Crippen molar-refractivity contribution in [2.75, 3.05) is 5.32 Å². The fraction of sp³-hybridized carbons (Fsp3) is 0.0714. The minimum absolute atomic E-state index is 0.120. The molecule has 0 atom stereocenters. The van der Waals surface area contributed by atoms with Gasteiger partial charge in [0.2, 0.25) is 0 Å². The van der Waals surface area contributed by atoms with Gasteiger partial charge in [0.1, 0.15) is 0 Å². The molecule has 2 aromatic rings. The number of anilines is 1. The van der Waals surface area contributed by atoms with Crippen LogP contribution in [0.3, 0.4) is 0 Å². The molecule has 0 saturated heterocycles. The van der Waals surface area contributed by atoms with Gasteiger partial charge in [0.15, 0.2) is 0 Å². The molecule has 0 heterocycles. The first-order valence-electron chi connectivity index (χ1n) is 5.29. The lowest BCUT2D eigenvalue weighted by Crippen LogP contribution is -2.13. The van der Waals surface area contributed by atoms with Crippen molar-refractivity contribution in [3.05, 3.63) is 64.7 Å². The number of nitrogens with one attached hydrogen (secondary N) is 1. The molecule has 86 valence electrons. The summed E-state index contributed by atoms with van der Waals surface area (Å²) >= 11 is 5.85. The van der Waals surface area contributed by atoms with Crippen LogP contribution in [0, 0.1) is 6.92 Å². The van der Waals surface area contributed by atoms with Crippen LogP contribution in [0.15, 0.2) is 48.5 Å². The van der Waals surface area contributed by atoms with Gasteiger partial charge in [0, 0.05) is 16.3 Å². The molecular weight excluding hydrogens is 234 g/mol. The summed E-state index contributed by atoms with van der Waals surface area (Å²) < 4.78 is 0. The molecular formula is C14H12ClNO. The molecule has 17 heavy (non-hydrogen) atoms. The van der Waals surface area contributed by atoms with Crippen molar-refractivity contribution in [1.82, 2.24) is 0 Å². The van der Waals surface area contributed by atoms with Gasteiger partial charge in [-0.3, -0.25) is 4.79 Å². The first kappa shape index (κ1) is 11.7. The molecule has 0 aliphatic carbocycles. The molecule has 0 saturated carbocycles. The summed E-state index contributed by atoms with van der Waals surface area (Å²) in [6, 6.07) is 14.6. The average molecular weight is 246 g/mol. The van der Waals surface area contributed by atoms with E-state index in [9.17, 15) is 4.79 Å². The molecule has 0 aromatic heterocycles. The molecule has 2 rings (SSSR count). The Labute approximate surface area is 105 Å². The average Bonchev–Trinajstić information content (AvgIpc) is 2.29. The van der Waals surface area contributed by atoms with Gasteiger partial charge in [-0.25, -0.2) is 0 Å². The number of hydrogen-bond acceptors (Lipinski definition) is 1. The third kappa shape index (κ3) is 2.86. The lowest BCUT2D eigenvalue weighted by molar-refractivity contribution is 0.102. The highest BCUT2D eigenvalue weighted by atomic mass is 35.5. The topological polar surface area (TPSA) is 29.1 Å². The predicted molar refractivity (Wildman–Crippen MR) is 70.6 cm³/mol. The zero-order valence-electron chi connectivity index (χ0n) is 9.41. The molecule has 0 radical (unpaired) electrons. The van der Waals surface area contributed by atoms with Crippen molar-refractivity contribution in [1.29, 1.82) is 0 Å². The van der Waals surface area contributed by atoms with Gasteiger partial charge in [-0.15, -0.1) is 0 Å². The molecule has 1 N–H and O–H groups in total. The summed E-state index contributed by atoms with van der Waals surface area (Å²) in [4.78, 5) is 12.0. The molecule has 0 bridgehead atoms. The summed E-state index contributed by atoms with van der Waals surface area (Å²) in [6.45, 7) is 1.91. The van der Waals surface area contributed by atoms with Crippen molar-refractivity contribution in [2.45, 2.75) is 6.92 Å². The Balaban J connectivity index is 2.20. The fourth-order valence-electron chi connectivity index (χ4n) is 1.59. The van der Waals surface area contributed by atoms with Crippen LogP contribution >= 0.6 is 11.6 Å². The zero-order valence-corrected chi connectivity index (χ0v) is 10.2. The largest absolute Gasteiger partial charge is 0.322 e. The smallest absolute Gasteiger partial charge is 0.255 e. The summed E-state index contributed by atoms with van der Waals surface area (Å²) in [5, 5.41) is 3.42. The molecule has 0 spiro atoms. The summed E-state index contributed by atoms with van der Waals surface area (Å²) in [7, 11) is 0. The summed E-state index contributed by atoms with van der Waals surface area (Å²) in [6.07, 6.45) is 0. The second kappa shape index (κ2) is 5.02. The second-order valence-corrected chi connectivity index (χ2v) is 4.22.